The normalized spacial score (nSPS) is 10.0. The molecule has 3 nitrogen and oxygen atoms in total. The summed E-state index contributed by atoms with van der Waals surface area (Å²) < 4.78 is 0. The number of nitrogens with one attached hydrogen (secondary N) is 1. The number of benzene rings is 3. The highest BCUT2D eigenvalue weighted by Crippen LogP contribution is 2.30. The number of carbonyl (C=O) groups is 1. The van der Waals surface area contributed by atoms with Crippen LogP contribution < -0.4 is 11.1 Å². The Hall–Kier alpha value is -3.33. The minimum Gasteiger partial charge on any atom is -0.351 e. The number of primary amides is 1. The zero-order valence-corrected chi connectivity index (χ0v) is 13.1. The Morgan fingerprint density at radius 1 is 0.625 bits per heavy atom. The predicted molar refractivity (Wildman–Crippen MR) is 98.0 cm³/mol. The van der Waals surface area contributed by atoms with Crippen molar-refractivity contribution in [2.75, 3.05) is 0 Å². The number of hydrogen-bond acceptors (Lipinski definition) is 1. The molecule has 0 fully saturated rings. The molecule has 0 spiro atoms. The number of rotatable bonds is 4. The SMILES string of the molecule is NC(=O)NC(=C(c1ccccc1)c1ccccc1)c1ccccc1. The minimum absolute atomic E-state index is 0.585. The third kappa shape index (κ3) is 3.52. The molecule has 0 aliphatic carbocycles. The fourth-order valence-electron chi connectivity index (χ4n) is 2.67. The number of carbonyl (C=O) groups excluding carboxylic acids is 1. The molecule has 3 aromatic carbocycles. The van der Waals surface area contributed by atoms with E-state index in [1.807, 2.05) is 91.0 Å². The Kier molecular flexibility index (Phi) is 4.73. The van der Waals surface area contributed by atoms with Crippen LogP contribution in [0.1, 0.15) is 16.7 Å². The van der Waals surface area contributed by atoms with Crippen LogP contribution >= 0.6 is 0 Å². The van der Waals surface area contributed by atoms with Gasteiger partial charge in [0.2, 0.25) is 0 Å². The molecule has 0 radical (unpaired) electrons. The van der Waals surface area contributed by atoms with Crippen LogP contribution in [0.25, 0.3) is 11.3 Å². The molecule has 0 aliphatic rings. The summed E-state index contributed by atoms with van der Waals surface area (Å²) in [5, 5.41) is 2.81. The van der Waals surface area contributed by atoms with Crippen molar-refractivity contribution in [2.24, 2.45) is 5.73 Å². The van der Waals surface area contributed by atoms with Crippen molar-refractivity contribution in [3.63, 3.8) is 0 Å². The minimum atomic E-state index is -0.585. The number of nitrogens with two attached hydrogens (primary N) is 1. The molecule has 3 aromatic rings. The molecule has 24 heavy (non-hydrogen) atoms. The van der Waals surface area contributed by atoms with E-state index in [0.717, 1.165) is 22.3 Å². The maximum absolute atomic E-state index is 11.6. The second kappa shape index (κ2) is 7.29. The van der Waals surface area contributed by atoms with Crippen molar-refractivity contribution in [1.29, 1.82) is 0 Å². The van der Waals surface area contributed by atoms with Crippen LogP contribution in [0.3, 0.4) is 0 Å². The van der Waals surface area contributed by atoms with Crippen LogP contribution in [0.5, 0.6) is 0 Å². The topological polar surface area (TPSA) is 55.1 Å². The second-order valence-corrected chi connectivity index (χ2v) is 5.34. The molecule has 3 heteroatoms. The summed E-state index contributed by atoms with van der Waals surface area (Å²) in [6, 6.07) is 29.1. The Morgan fingerprint density at radius 2 is 1.00 bits per heavy atom. The van der Waals surface area contributed by atoms with Gasteiger partial charge in [-0.1, -0.05) is 91.0 Å². The molecule has 0 saturated heterocycles. The lowest BCUT2D eigenvalue weighted by molar-refractivity contribution is 0.252. The fraction of sp³-hybridized carbons (Fsp3) is 0. The molecular formula is C21H18N2O. The summed E-state index contributed by atoms with van der Waals surface area (Å²) in [6.07, 6.45) is 0. The number of hydrogen-bond donors (Lipinski definition) is 2. The van der Waals surface area contributed by atoms with Crippen molar-refractivity contribution in [3.8, 4) is 0 Å². The van der Waals surface area contributed by atoms with Gasteiger partial charge in [-0.3, -0.25) is 0 Å². The fourth-order valence-corrected chi connectivity index (χ4v) is 2.67. The van der Waals surface area contributed by atoms with E-state index in [-0.39, 0.29) is 0 Å². The summed E-state index contributed by atoms with van der Waals surface area (Å²) in [6.45, 7) is 0. The largest absolute Gasteiger partial charge is 0.351 e. The van der Waals surface area contributed by atoms with Crippen LogP contribution in [0.2, 0.25) is 0 Å². The average Bonchev–Trinajstić information content (AvgIpc) is 2.63. The Balaban J connectivity index is 2.30. The van der Waals surface area contributed by atoms with Gasteiger partial charge in [-0.15, -0.1) is 0 Å². The van der Waals surface area contributed by atoms with Crippen LogP contribution in [-0.4, -0.2) is 6.03 Å². The first-order chi connectivity index (χ1) is 11.8. The lowest BCUT2D eigenvalue weighted by Gasteiger charge is -2.17. The summed E-state index contributed by atoms with van der Waals surface area (Å²) in [4.78, 5) is 11.6. The molecule has 0 heterocycles. The van der Waals surface area contributed by atoms with Gasteiger partial charge >= 0.3 is 6.03 Å². The van der Waals surface area contributed by atoms with Gasteiger partial charge in [0, 0.05) is 5.57 Å². The van der Waals surface area contributed by atoms with Gasteiger partial charge in [-0.05, 0) is 16.7 Å². The van der Waals surface area contributed by atoms with Gasteiger partial charge in [0.05, 0.1) is 5.70 Å². The van der Waals surface area contributed by atoms with Gasteiger partial charge < -0.3 is 11.1 Å². The van der Waals surface area contributed by atoms with Gasteiger partial charge in [0.25, 0.3) is 0 Å². The van der Waals surface area contributed by atoms with E-state index < -0.39 is 6.03 Å². The molecule has 3 N–H and O–H groups in total. The van der Waals surface area contributed by atoms with Crippen LogP contribution in [-0.2, 0) is 0 Å². The molecule has 0 aromatic heterocycles. The van der Waals surface area contributed by atoms with Gasteiger partial charge in [-0.2, -0.15) is 0 Å². The van der Waals surface area contributed by atoms with Gasteiger partial charge in [0.15, 0.2) is 0 Å². The first-order valence-electron chi connectivity index (χ1n) is 7.72. The molecule has 118 valence electrons. The van der Waals surface area contributed by atoms with E-state index in [1.165, 1.54) is 0 Å². The van der Waals surface area contributed by atoms with Crippen molar-refractivity contribution in [1.82, 2.24) is 5.32 Å². The highest BCUT2D eigenvalue weighted by Gasteiger charge is 2.15. The lowest BCUT2D eigenvalue weighted by atomic mass is 9.93. The highest BCUT2D eigenvalue weighted by atomic mass is 16.2. The van der Waals surface area contributed by atoms with Crippen molar-refractivity contribution in [2.45, 2.75) is 0 Å². The molecule has 0 unspecified atom stereocenters. The highest BCUT2D eigenvalue weighted by molar-refractivity contribution is 6.02. The van der Waals surface area contributed by atoms with Gasteiger partial charge in [-0.25, -0.2) is 4.79 Å². The summed E-state index contributed by atoms with van der Waals surface area (Å²) in [7, 11) is 0. The van der Waals surface area contributed by atoms with E-state index in [0.29, 0.717) is 5.70 Å². The molecule has 2 amide bonds. The molecule has 0 atom stereocenters. The number of amides is 2. The summed E-state index contributed by atoms with van der Waals surface area (Å²) in [5.74, 6) is 0. The van der Waals surface area contributed by atoms with E-state index in [1.54, 1.807) is 0 Å². The zero-order valence-electron chi connectivity index (χ0n) is 13.1. The van der Waals surface area contributed by atoms with Crippen molar-refractivity contribution >= 4 is 17.3 Å². The Bertz CT molecular complexity index is 799. The van der Waals surface area contributed by atoms with Crippen LogP contribution in [0.4, 0.5) is 4.79 Å². The van der Waals surface area contributed by atoms with Gasteiger partial charge in [0.1, 0.15) is 0 Å². The van der Waals surface area contributed by atoms with Crippen LogP contribution in [0, 0.1) is 0 Å². The third-order valence-electron chi connectivity index (χ3n) is 3.69. The first kappa shape index (κ1) is 15.6. The predicted octanol–water partition coefficient (Wildman–Crippen LogP) is 4.27. The van der Waals surface area contributed by atoms with E-state index in [2.05, 4.69) is 5.32 Å². The Labute approximate surface area is 141 Å². The number of urea groups is 1. The molecular weight excluding hydrogens is 296 g/mol. The molecule has 0 saturated carbocycles. The Morgan fingerprint density at radius 3 is 1.38 bits per heavy atom. The summed E-state index contributed by atoms with van der Waals surface area (Å²) in [5.41, 5.74) is 9.99. The molecule has 3 rings (SSSR count). The smallest absolute Gasteiger partial charge is 0.316 e. The van der Waals surface area contributed by atoms with Crippen LogP contribution in [0.15, 0.2) is 91.0 Å². The standard InChI is InChI=1S/C21H18N2O/c22-21(24)23-20(18-14-8-3-9-15-18)19(16-10-4-1-5-11-16)17-12-6-2-7-13-17/h1-15H,(H3,22,23,24). The average molecular weight is 314 g/mol. The van der Waals surface area contributed by atoms with E-state index in [9.17, 15) is 4.79 Å². The van der Waals surface area contributed by atoms with E-state index >= 15 is 0 Å². The summed E-state index contributed by atoms with van der Waals surface area (Å²) >= 11 is 0. The first-order valence-corrected chi connectivity index (χ1v) is 7.72. The second-order valence-electron chi connectivity index (χ2n) is 5.34. The molecule has 0 aliphatic heterocycles. The van der Waals surface area contributed by atoms with Crippen molar-refractivity contribution in [3.05, 3.63) is 108 Å². The quantitative estimate of drug-likeness (QED) is 0.694. The third-order valence-corrected chi connectivity index (χ3v) is 3.69. The maximum Gasteiger partial charge on any atom is 0.316 e. The zero-order chi connectivity index (χ0) is 16.8. The monoisotopic (exact) mass is 314 g/mol. The molecule has 0 bridgehead atoms. The maximum atomic E-state index is 11.6. The van der Waals surface area contributed by atoms with Crippen molar-refractivity contribution < 1.29 is 4.79 Å². The van der Waals surface area contributed by atoms with E-state index in [4.69, 9.17) is 5.73 Å². The lowest BCUT2D eigenvalue weighted by Crippen LogP contribution is -2.28.